The van der Waals surface area contributed by atoms with Crippen molar-refractivity contribution >= 4 is 27.3 Å². The second-order valence-corrected chi connectivity index (χ2v) is 9.56. The molecule has 0 aliphatic heterocycles. The summed E-state index contributed by atoms with van der Waals surface area (Å²) in [6.07, 6.45) is 5.95. The van der Waals surface area contributed by atoms with Crippen molar-refractivity contribution in [1.82, 2.24) is 0 Å². The Morgan fingerprint density at radius 1 is 1.10 bits per heavy atom. The normalized spacial score (nSPS) is 14.6. The maximum absolute atomic E-state index is 12.5. The van der Waals surface area contributed by atoms with Gasteiger partial charge in [0.05, 0.1) is 18.0 Å². The van der Waals surface area contributed by atoms with Crippen molar-refractivity contribution < 1.29 is 17.9 Å². The summed E-state index contributed by atoms with van der Waals surface area (Å²) in [4.78, 5) is 12.5. The van der Waals surface area contributed by atoms with Crippen LogP contribution in [0, 0.1) is 13.8 Å². The van der Waals surface area contributed by atoms with Crippen LogP contribution in [-0.4, -0.2) is 33.2 Å². The van der Waals surface area contributed by atoms with Crippen molar-refractivity contribution in [3.8, 4) is 5.75 Å². The predicted octanol–water partition coefficient (Wildman–Crippen LogP) is 4.03. The van der Waals surface area contributed by atoms with Gasteiger partial charge in [-0.1, -0.05) is 17.7 Å². The number of nitrogens with one attached hydrogen (secondary N) is 1. The smallest absolute Gasteiger partial charge is 0.245 e. The SMILES string of the molecule is Cc1ccc(N(CC(=O)Nc2ccc(OC3CCCC3)cc2)S(C)(=O)=O)c(C)c1. The van der Waals surface area contributed by atoms with Gasteiger partial charge in [0.25, 0.3) is 0 Å². The molecule has 1 fully saturated rings. The van der Waals surface area contributed by atoms with Crippen molar-refractivity contribution in [2.75, 3.05) is 22.4 Å². The van der Waals surface area contributed by atoms with Crippen LogP contribution in [0.15, 0.2) is 42.5 Å². The fourth-order valence-corrected chi connectivity index (χ4v) is 4.53. The van der Waals surface area contributed by atoms with E-state index in [-0.39, 0.29) is 12.6 Å². The number of ether oxygens (including phenoxy) is 1. The zero-order valence-electron chi connectivity index (χ0n) is 17.1. The number of amides is 1. The molecule has 0 heterocycles. The molecule has 156 valence electrons. The molecule has 1 aliphatic rings. The second-order valence-electron chi connectivity index (χ2n) is 7.66. The van der Waals surface area contributed by atoms with Crippen LogP contribution in [0.5, 0.6) is 5.75 Å². The van der Waals surface area contributed by atoms with Gasteiger partial charge in [-0.25, -0.2) is 8.42 Å². The maximum atomic E-state index is 12.5. The molecule has 2 aromatic carbocycles. The molecule has 1 N–H and O–H groups in total. The highest BCUT2D eigenvalue weighted by Gasteiger charge is 2.22. The number of carbonyl (C=O) groups excluding carboxylic acids is 1. The standard InChI is InChI=1S/C22H28N2O4S/c1-16-8-13-21(17(2)14-16)24(29(3,26)27)15-22(25)23-18-9-11-20(12-10-18)28-19-6-4-5-7-19/h8-14,19H,4-7,15H2,1-3H3,(H,23,25). The van der Waals surface area contributed by atoms with Crippen LogP contribution in [0.3, 0.4) is 0 Å². The van der Waals surface area contributed by atoms with Gasteiger partial charge in [-0.05, 0) is 75.4 Å². The number of carbonyl (C=O) groups is 1. The fraction of sp³-hybridized carbons (Fsp3) is 0.409. The molecule has 7 heteroatoms. The summed E-state index contributed by atoms with van der Waals surface area (Å²) in [6.45, 7) is 3.49. The van der Waals surface area contributed by atoms with Crippen molar-refractivity contribution in [3.05, 3.63) is 53.6 Å². The molecule has 1 aliphatic carbocycles. The number of rotatable bonds is 7. The largest absolute Gasteiger partial charge is 0.490 e. The van der Waals surface area contributed by atoms with Gasteiger partial charge in [0.15, 0.2) is 0 Å². The van der Waals surface area contributed by atoms with Crippen molar-refractivity contribution in [2.45, 2.75) is 45.6 Å². The zero-order chi connectivity index (χ0) is 21.0. The molecular formula is C22H28N2O4S. The van der Waals surface area contributed by atoms with E-state index in [0.717, 1.165) is 40.3 Å². The second kappa shape index (κ2) is 8.86. The lowest BCUT2D eigenvalue weighted by Gasteiger charge is -2.24. The number of sulfonamides is 1. The van der Waals surface area contributed by atoms with Crippen molar-refractivity contribution in [1.29, 1.82) is 0 Å². The van der Waals surface area contributed by atoms with Crippen molar-refractivity contribution in [2.24, 2.45) is 0 Å². The lowest BCUT2D eigenvalue weighted by molar-refractivity contribution is -0.114. The third-order valence-electron chi connectivity index (χ3n) is 5.05. The van der Waals surface area contributed by atoms with E-state index in [1.165, 1.54) is 12.8 Å². The Morgan fingerprint density at radius 3 is 2.34 bits per heavy atom. The van der Waals surface area contributed by atoms with Gasteiger partial charge in [0.2, 0.25) is 15.9 Å². The Morgan fingerprint density at radius 2 is 1.76 bits per heavy atom. The van der Waals surface area contributed by atoms with E-state index in [4.69, 9.17) is 4.74 Å². The molecule has 29 heavy (non-hydrogen) atoms. The minimum absolute atomic E-state index is 0.275. The maximum Gasteiger partial charge on any atom is 0.245 e. The third kappa shape index (κ3) is 5.73. The van der Waals surface area contributed by atoms with Gasteiger partial charge in [-0.3, -0.25) is 9.10 Å². The van der Waals surface area contributed by atoms with Crippen LogP contribution < -0.4 is 14.4 Å². The monoisotopic (exact) mass is 416 g/mol. The van der Waals surface area contributed by atoms with Crippen LogP contribution in [0.2, 0.25) is 0 Å². The van der Waals surface area contributed by atoms with E-state index in [9.17, 15) is 13.2 Å². The van der Waals surface area contributed by atoms with E-state index in [2.05, 4.69) is 5.32 Å². The first-order chi connectivity index (χ1) is 13.7. The van der Waals surface area contributed by atoms with Crippen LogP contribution in [-0.2, 0) is 14.8 Å². The van der Waals surface area contributed by atoms with Crippen LogP contribution in [0.25, 0.3) is 0 Å². The topological polar surface area (TPSA) is 75.7 Å². The van der Waals surface area contributed by atoms with Gasteiger partial charge >= 0.3 is 0 Å². The van der Waals surface area contributed by atoms with E-state index in [1.807, 2.05) is 38.1 Å². The summed E-state index contributed by atoms with van der Waals surface area (Å²) in [5.74, 6) is 0.378. The Hall–Kier alpha value is -2.54. The average Bonchev–Trinajstić information content (AvgIpc) is 3.14. The molecule has 0 spiro atoms. The molecule has 1 saturated carbocycles. The Labute approximate surface area is 172 Å². The number of nitrogens with zero attached hydrogens (tertiary/aromatic N) is 1. The highest BCUT2D eigenvalue weighted by atomic mass is 32.2. The average molecular weight is 417 g/mol. The van der Waals surface area contributed by atoms with Gasteiger partial charge in [-0.15, -0.1) is 0 Å². The van der Waals surface area contributed by atoms with E-state index in [0.29, 0.717) is 11.4 Å². The quantitative estimate of drug-likeness (QED) is 0.739. The molecule has 0 bridgehead atoms. The summed E-state index contributed by atoms with van der Waals surface area (Å²) in [5.41, 5.74) is 2.94. The molecule has 0 atom stereocenters. The highest BCUT2D eigenvalue weighted by Crippen LogP contribution is 2.26. The van der Waals surface area contributed by atoms with Gasteiger partial charge in [-0.2, -0.15) is 0 Å². The molecular weight excluding hydrogens is 388 g/mol. The molecule has 0 radical (unpaired) electrons. The predicted molar refractivity (Wildman–Crippen MR) is 116 cm³/mol. The van der Waals surface area contributed by atoms with E-state index in [1.54, 1.807) is 18.2 Å². The number of benzene rings is 2. The van der Waals surface area contributed by atoms with Gasteiger partial charge in [0.1, 0.15) is 12.3 Å². The number of aryl methyl sites for hydroxylation is 2. The summed E-state index contributed by atoms with van der Waals surface area (Å²) >= 11 is 0. The van der Waals surface area contributed by atoms with Gasteiger partial charge < -0.3 is 10.1 Å². The lowest BCUT2D eigenvalue weighted by atomic mass is 10.1. The summed E-state index contributed by atoms with van der Waals surface area (Å²) in [7, 11) is -3.61. The summed E-state index contributed by atoms with van der Waals surface area (Å²) in [5, 5.41) is 2.77. The Kier molecular flexibility index (Phi) is 6.47. The van der Waals surface area contributed by atoms with E-state index < -0.39 is 15.9 Å². The summed E-state index contributed by atoms with van der Waals surface area (Å²) < 4.78 is 31.6. The first-order valence-corrected chi connectivity index (χ1v) is 11.7. The molecule has 3 rings (SSSR count). The molecule has 0 saturated heterocycles. The fourth-order valence-electron chi connectivity index (χ4n) is 3.61. The minimum Gasteiger partial charge on any atom is -0.490 e. The Balaban J connectivity index is 1.67. The highest BCUT2D eigenvalue weighted by molar-refractivity contribution is 7.92. The van der Waals surface area contributed by atoms with Crippen LogP contribution in [0.1, 0.15) is 36.8 Å². The first kappa shape index (κ1) is 21.2. The molecule has 2 aromatic rings. The number of hydrogen-bond donors (Lipinski definition) is 1. The zero-order valence-corrected chi connectivity index (χ0v) is 18.0. The Bertz CT molecular complexity index is 965. The van der Waals surface area contributed by atoms with Crippen molar-refractivity contribution in [3.63, 3.8) is 0 Å². The third-order valence-corrected chi connectivity index (χ3v) is 6.18. The van der Waals surface area contributed by atoms with Gasteiger partial charge in [0, 0.05) is 5.69 Å². The molecule has 0 unspecified atom stereocenters. The summed E-state index contributed by atoms with van der Waals surface area (Å²) in [6, 6.07) is 12.6. The molecule has 6 nitrogen and oxygen atoms in total. The van der Waals surface area contributed by atoms with Crippen LogP contribution >= 0.6 is 0 Å². The lowest BCUT2D eigenvalue weighted by Crippen LogP contribution is -2.37. The minimum atomic E-state index is -3.61. The van der Waals surface area contributed by atoms with Crippen LogP contribution in [0.4, 0.5) is 11.4 Å². The van der Waals surface area contributed by atoms with E-state index >= 15 is 0 Å². The molecule has 0 aromatic heterocycles. The first-order valence-electron chi connectivity index (χ1n) is 9.84. The number of hydrogen-bond acceptors (Lipinski definition) is 4. The number of anilines is 2. The molecule has 1 amide bonds.